The summed E-state index contributed by atoms with van der Waals surface area (Å²) in [6, 6.07) is 18.2. The first kappa shape index (κ1) is 18.4. The van der Waals surface area contributed by atoms with E-state index in [0.717, 1.165) is 48.5 Å². The van der Waals surface area contributed by atoms with Crippen LogP contribution in [0.15, 0.2) is 59.8 Å². The van der Waals surface area contributed by atoms with E-state index in [1.165, 1.54) is 5.56 Å². The van der Waals surface area contributed by atoms with Crippen molar-refractivity contribution in [1.82, 2.24) is 25.5 Å². The Bertz CT molecular complexity index is 776. The van der Waals surface area contributed by atoms with Crippen molar-refractivity contribution >= 4 is 11.8 Å². The lowest BCUT2D eigenvalue weighted by atomic mass is 10.2. The fourth-order valence-corrected chi connectivity index (χ4v) is 3.16. The predicted octanol–water partition coefficient (Wildman–Crippen LogP) is 3.33. The topological polar surface area (TPSA) is 64.9 Å². The van der Waals surface area contributed by atoms with Gasteiger partial charge in [0.2, 0.25) is 5.16 Å². The smallest absolute Gasteiger partial charge is 0.214 e. The van der Waals surface area contributed by atoms with Gasteiger partial charge in [0.15, 0.2) is 0 Å². The average molecular weight is 369 g/mol. The first-order valence-corrected chi connectivity index (χ1v) is 9.74. The van der Waals surface area contributed by atoms with Crippen LogP contribution in [0.2, 0.25) is 0 Å². The molecule has 1 aromatic heterocycles. The van der Waals surface area contributed by atoms with Gasteiger partial charge in [-0.25, -0.2) is 0 Å². The molecule has 2 aromatic carbocycles. The highest BCUT2D eigenvalue weighted by Crippen LogP contribution is 2.17. The third kappa shape index (κ3) is 5.31. The fraction of sp³-hybridized carbons (Fsp3) is 0.316. The molecule has 0 saturated carbocycles. The van der Waals surface area contributed by atoms with Crippen LogP contribution in [0.3, 0.4) is 0 Å². The molecule has 0 atom stereocenters. The third-order valence-electron chi connectivity index (χ3n) is 3.68. The van der Waals surface area contributed by atoms with Gasteiger partial charge >= 0.3 is 0 Å². The van der Waals surface area contributed by atoms with Crippen molar-refractivity contribution < 1.29 is 4.74 Å². The molecule has 3 rings (SSSR count). The van der Waals surface area contributed by atoms with Gasteiger partial charge in [-0.2, -0.15) is 4.68 Å². The molecule has 1 N–H and O–H groups in total. The molecule has 0 spiro atoms. The van der Waals surface area contributed by atoms with Gasteiger partial charge in [-0.05, 0) is 46.7 Å². The van der Waals surface area contributed by atoms with E-state index in [-0.39, 0.29) is 0 Å². The molecule has 0 aliphatic carbocycles. The summed E-state index contributed by atoms with van der Waals surface area (Å²) in [7, 11) is 0. The number of hydrogen-bond donors (Lipinski definition) is 1. The minimum Gasteiger partial charge on any atom is -0.494 e. The maximum absolute atomic E-state index is 5.60. The Labute approximate surface area is 158 Å². The van der Waals surface area contributed by atoms with Gasteiger partial charge in [0.05, 0.1) is 12.3 Å². The van der Waals surface area contributed by atoms with E-state index in [4.69, 9.17) is 4.74 Å². The lowest BCUT2D eigenvalue weighted by molar-refractivity contribution is 0.317. The van der Waals surface area contributed by atoms with Gasteiger partial charge in [-0.1, -0.05) is 49.0 Å². The van der Waals surface area contributed by atoms with Crippen LogP contribution >= 0.6 is 11.8 Å². The number of hydrogen-bond acceptors (Lipinski definition) is 6. The fourth-order valence-electron chi connectivity index (χ4n) is 2.37. The van der Waals surface area contributed by atoms with Crippen molar-refractivity contribution in [2.75, 3.05) is 18.9 Å². The lowest BCUT2D eigenvalue weighted by Gasteiger charge is -2.07. The number of aromatic nitrogens is 4. The Morgan fingerprint density at radius 1 is 1.08 bits per heavy atom. The second-order valence-electron chi connectivity index (χ2n) is 5.73. The molecule has 0 amide bonds. The van der Waals surface area contributed by atoms with Crippen LogP contribution in [0, 0.1) is 0 Å². The zero-order chi connectivity index (χ0) is 18.0. The highest BCUT2D eigenvalue weighted by Gasteiger charge is 2.08. The van der Waals surface area contributed by atoms with Crippen molar-refractivity contribution in [3.63, 3.8) is 0 Å². The zero-order valence-corrected chi connectivity index (χ0v) is 15.7. The summed E-state index contributed by atoms with van der Waals surface area (Å²) in [6.45, 7) is 4.57. The van der Waals surface area contributed by atoms with Crippen molar-refractivity contribution in [1.29, 1.82) is 0 Å². The van der Waals surface area contributed by atoms with E-state index < -0.39 is 0 Å². The summed E-state index contributed by atoms with van der Waals surface area (Å²) in [6.07, 6.45) is 1.02. The molecule has 136 valence electrons. The van der Waals surface area contributed by atoms with E-state index in [0.29, 0.717) is 0 Å². The molecular formula is C19H23N5OS. The van der Waals surface area contributed by atoms with Gasteiger partial charge < -0.3 is 10.1 Å². The molecule has 0 unspecified atom stereocenters. The first-order chi connectivity index (χ1) is 12.9. The molecule has 0 saturated heterocycles. The molecule has 0 aliphatic rings. The van der Waals surface area contributed by atoms with Crippen LogP contribution in [0.4, 0.5) is 0 Å². The average Bonchev–Trinajstić information content (AvgIpc) is 3.16. The van der Waals surface area contributed by atoms with Gasteiger partial charge in [0.25, 0.3) is 0 Å². The lowest BCUT2D eigenvalue weighted by Crippen LogP contribution is -2.16. The molecule has 26 heavy (non-hydrogen) atoms. The summed E-state index contributed by atoms with van der Waals surface area (Å²) < 4.78 is 7.36. The zero-order valence-electron chi connectivity index (χ0n) is 14.8. The Hall–Kier alpha value is -2.38. The van der Waals surface area contributed by atoms with Crippen LogP contribution in [0.25, 0.3) is 5.69 Å². The van der Waals surface area contributed by atoms with Crippen LogP contribution in [-0.4, -0.2) is 39.1 Å². The standard InChI is InChI=1S/C19H23N5OS/c1-2-13-25-18-10-8-16(9-11-18)15-20-12-14-26-19-21-22-23-24(19)17-6-4-3-5-7-17/h3-11,20H,2,12-15H2,1H3. The van der Waals surface area contributed by atoms with Gasteiger partial charge in [0, 0.05) is 18.8 Å². The summed E-state index contributed by atoms with van der Waals surface area (Å²) in [5.41, 5.74) is 2.21. The number of nitrogens with one attached hydrogen (secondary N) is 1. The number of ether oxygens (including phenoxy) is 1. The molecule has 3 aromatic rings. The van der Waals surface area contributed by atoms with E-state index in [9.17, 15) is 0 Å². The molecule has 0 radical (unpaired) electrons. The Balaban J connectivity index is 1.41. The van der Waals surface area contributed by atoms with E-state index in [1.807, 2.05) is 42.5 Å². The summed E-state index contributed by atoms with van der Waals surface area (Å²) >= 11 is 1.64. The van der Waals surface area contributed by atoms with Crippen molar-refractivity contribution in [3.8, 4) is 11.4 Å². The number of para-hydroxylation sites is 1. The molecule has 7 heteroatoms. The summed E-state index contributed by atoms with van der Waals surface area (Å²) in [5.74, 6) is 1.82. The van der Waals surface area contributed by atoms with Gasteiger partial charge in [-0.3, -0.25) is 0 Å². The second kappa shape index (κ2) is 9.94. The minimum absolute atomic E-state index is 0.761. The summed E-state index contributed by atoms with van der Waals surface area (Å²) in [5, 5.41) is 16.2. The van der Waals surface area contributed by atoms with Crippen LogP contribution < -0.4 is 10.1 Å². The van der Waals surface area contributed by atoms with Gasteiger partial charge in [-0.15, -0.1) is 5.10 Å². The Kier molecular flexibility index (Phi) is 7.04. The summed E-state index contributed by atoms with van der Waals surface area (Å²) in [4.78, 5) is 0. The molecule has 0 fully saturated rings. The molecular weight excluding hydrogens is 346 g/mol. The second-order valence-corrected chi connectivity index (χ2v) is 6.79. The van der Waals surface area contributed by atoms with Crippen molar-refractivity contribution in [2.45, 2.75) is 25.0 Å². The van der Waals surface area contributed by atoms with Crippen LogP contribution in [0.5, 0.6) is 5.75 Å². The molecule has 0 aliphatic heterocycles. The first-order valence-electron chi connectivity index (χ1n) is 8.76. The largest absolute Gasteiger partial charge is 0.494 e. The number of tetrazole rings is 1. The maximum atomic E-state index is 5.60. The number of thioether (sulfide) groups is 1. The number of rotatable bonds is 10. The van der Waals surface area contributed by atoms with Crippen LogP contribution in [-0.2, 0) is 6.54 Å². The van der Waals surface area contributed by atoms with E-state index in [2.05, 4.69) is 39.9 Å². The van der Waals surface area contributed by atoms with Crippen LogP contribution in [0.1, 0.15) is 18.9 Å². The van der Waals surface area contributed by atoms with Gasteiger partial charge in [0.1, 0.15) is 5.75 Å². The SMILES string of the molecule is CCCOc1ccc(CNCCSc2nnnn2-c2ccccc2)cc1. The highest BCUT2D eigenvalue weighted by molar-refractivity contribution is 7.99. The minimum atomic E-state index is 0.761. The third-order valence-corrected chi connectivity index (χ3v) is 4.60. The maximum Gasteiger partial charge on any atom is 0.214 e. The normalized spacial score (nSPS) is 10.8. The Morgan fingerprint density at radius 3 is 2.65 bits per heavy atom. The number of nitrogens with zero attached hydrogens (tertiary/aromatic N) is 4. The Morgan fingerprint density at radius 2 is 1.88 bits per heavy atom. The molecule has 0 bridgehead atoms. The van der Waals surface area contributed by atoms with Crippen molar-refractivity contribution in [3.05, 3.63) is 60.2 Å². The molecule has 1 heterocycles. The van der Waals surface area contributed by atoms with E-state index in [1.54, 1.807) is 16.4 Å². The quantitative estimate of drug-likeness (QED) is 0.437. The van der Waals surface area contributed by atoms with E-state index >= 15 is 0 Å². The number of benzene rings is 2. The predicted molar refractivity (Wildman–Crippen MR) is 104 cm³/mol. The monoisotopic (exact) mass is 369 g/mol. The molecule has 6 nitrogen and oxygen atoms in total. The van der Waals surface area contributed by atoms with Crippen molar-refractivity contribution in [2.24, 2.45) is 0 Å². The highest BCUT2D eigenvalue weighted by atomic mass is 32.2.